The van der Waals surface area contributed by atoms with E-state index in [9.17, 15) is 9.59 Å². The smallest absolute Gasteiger partial charge is 0.182 e. The lowest BCUT2D eigenvalue weighted by atomic mass is 9.84. The number of piperidine rings is 3. The van der Waals surface area contributed by atoms with Crippen molar-refractivity contribution < 1.29 is 19.1 Å². The second-order valence-electron chi connectivity index (χ2n) is 7.28. The number of nitrogens with zero attached hydrogens (tertiary/aromatic N) is 1. The zero-order chi connectivity index (χ0) is 21.3. The van der Waals surface area contributed by atoms with Crippen LogP contribution in [-0.4, -0.2) is 43.3 Å². The lowest BCUT2D eigenvalue weighted by Crippen LogP contribution is -2.45. The molecule has 3 saturated heterocycles. The third kappa shape index (κ3) is 5.50. The van der Waals surface area contributed by atoms with Crippen molar-refractivity contribution in [3.63, 3.8) is 0 Å². The maximum absolute atomic E-state index is 12.2. The van der Waals surface area contributed by atoms with E-state index in [1.54, 1.807) is 24.3 Å². The van der Waals surface area contributed by atoms with Crippen molar-refractivity contribution in [2.45, 2.75) is 26.7 Å². The Hall–Kier alpha value is -3.08. The molecule has 158 valence electrons. The van der Waals surface area contributed by atoms with Gasteiger partial charge in [-0.15, -0.1) is 0 Å². The maximum atomic E-state index is 12.2. The highest BCUT2D eigenvalue weighted by atomic mass is 16.5. The van der Waals surface area contributed by atoms with Crippen LogP contribution >= 0.6 is 0 Å². The monoisotopic (exact) mass is 407 g/mol. The Labute approximate surface area is 178 Å². The molecule has 2 aromatic carbocycles. The predicted molar refractivity (Wildman–Crippen MR) is 118 cm³/mol. The number of ketones is 1. The molecular weight excluding hydrogens is 378 g/mol. The molecule has 5 nitrogen and oxygen atoms in total. The summed E-state index contributed by atoms with van der Waals surface area (Å²) in [5, 5.41) is 0. The van der Waals surface area contributed by atoms with Gasteiger partial charge in [-0.2, -0.15) is 0 Å². The van der Waals surface area contributed by atoms with Gasteiger partial charge in [0.1, 0.15) is 17.8 Å². The third-order valence-electron chi connectivity index (χ3n) is 5.28. The lowest BCUT2D eigenvalue weighted by Gasteiger charge is -2.41. The zero-order valence-corrected chi connectivity index (χ0v) is 17.7. The first-order valence-corrected chi connectivity index (χ1v) is 10.6. The van der Waals surface area contributed by atoms with Gasteiger partial charge in [-0.25, -0.2) is 0 Å². The molecule has 0 N–H and O–H groups in total. The summed E-state index contributed by atoms with van der Waals surface area (Å²) >= 11 is 0. The average Bonchev–Trinajstić information content (AvgIpc) is 2.79. The number of hydrogen-bond donors (Lipinski definition) is 0. The Bertz CT molecular complexity index is 863. The van der Waals surface area contributed by atoms with Gasteiger partial charge in [-0.1, -0.05) is 12.1 Å². The van der Waals surface area contributed by atoms with E-state index in [2.05, 4.69) is 4.90 Å². The highest BCUT2D eigenvalue weighted by molar-refractivity contribution is 6.01. The summed E-state index contributed by atoms with van der Waals surface area (Å²) in [5.74, 6) is 2.27. The van der Waals surface area contributed by atoms with Crippen LogP contribution in [0.4, 0.5) is 0 Å². The van der Waals surface area contributed by atoms with Crippen LogP contribution in [0.1, 0.15) is 42.6 Å². The van der Waals surface area contributed by atoms with Gasteiger partial charge >= 0.3 is 0 Å². The molecule has 5 rings (SSSR count). The Balaban J connectivity index is 0.000000199. The zero-order valence-electron chi connectivity index (χ0n) is 17.7. The molecule has 0 atom stereocenters. The van der Waals surface area contributed by atoms with Gasteiger partial charge in [0.2, 0.25) is 0 Å². The lowest BCUT2D eigenvalue weighted by molar-refractivity contribution is -0.125. The van der Waals surface area contributed by atoms with Crippen molar-refractivity contribution in [3.8, 4) is 11.5 Å². The fraction of sp³-hybridized carbons (Fsp3) is 0.360. The van der Waals surface area contributed by atoms with E-state index in [4.69, 9.17) is 9.47 Å². The maximum Gasteiger partial charge on any atom is 0.182 e. The first kappa shape index (κ1) is 21.6. The Morgan fingerprint density at radius 1 is 0.867 bits per heavy atom. The SMILES string of the molecule is CCOc1ccc(C=C2C(=O)C3CCN2CC3)cc1.CCOc1ccc(C=O)cc1. The number of hydrogen-bond acceptors (Lipinski definition) is 5. The highest BCUT2D eigenvalue weighted by Gasteiger charge is 2.36. The number of ether oxygens (including phenoxy) is 2. The van der Waals surface area contributed by atoms with E-state index >= 15 is 0 Å². The van der Waals surface area contributed by atoms with Crippen molar-refractivity contribution in [2.75, 3.05) is 26.3 Å². The van der Waals surface area contributed by atoms with Crippen molar-refractivity contribution in [1.82, 2.24) is 4.90 Å². The number of allylic oxidation sites excluding steroid dienone is 1. The van der Waals surface area contributed by atoms with Crippen LogP contribution in [0.2, 0.25) is 0 Å². The molecule has 0 saturated carbocycles. The minimum absolute atomic E-state index is 0.263. The molecule has 3 aliphatic rings. The van der Waals surface area contributed by atoms with E-state index in [-0.39, 0.29) is 5.92 Å². The van der Waals surface area contributed by atoms with Crippen molar-refractivity contribution in [2.24, 2.45) is 5.92 Å². The summed E-state index contributed by atoms with van der Waals surface area (Å²) in [7, 11) is 0. The number of benzene rings is 2. The van der Waals surface area contributed by atoms with Crippen molar-refractivity contribution in [1.29, 1.82) is 0 Å². The van der Waals surface area contributed by atoms with Crippen molar-refractivity contribution >= 4 is 18.1 Å². The molecule has 5 heteroatoms. The Kier molecular flexibility index (Phi) is 7.66. The van der Waals surface area contributed by atoms with Gasteiger partial charge in [0, 0.05) is 24.6 Å². The fourth-order valence-corrected chi connectivity index (χ4v) is 3.70. The number of fused-ring (bicyclic) bond motifs is 3. The molecular formula is C25H29NO4. The van der Waals surface area contributed by atoms with Gasteiger partial charge in [0.15, 0.2) is 5.78 Å². The summed E-state index contributed by atoms with van der Waals surface area (Å²) in [6.07, 6.45) is 4.89. The number of aldehydes is 1. The van der Waals surface area contributed by atoms with Crippen LogP contribution in [0.25, 0.3) is 6.08 Å². The predicted octanol–water partition coefficient (Wildman–Crippen LogP) is 4.62. The molecule has 0 unspecified atom stereocenters. The molecule has 0 radical (unpaired) electrons. The molecule has 0 aromatic heterocycles. The van der Waals surface area contributed by atoms with Gasteiger partial charge < -0.3 is 14.4 Å². The van der Waals surface area contributed by atoms with E-state index < -0.39 is 0 Å². The molecule has 0 spiro atoms. The minimum Gasteiger partial charge on any atom is -0.494 e. The Morgan fingerprint density at radius 2 is 1.37 bits per heavy atom. The van der Waals surface area contributed by atoms with Gasteiger partial charge in [-0.3, -0.25) is 9.59 Å². The molecule has 2 aromatic rings. The molecule has 3 aliphatic heterocycles. The largest absolute Gasteiger partial charge is 0.494 e. The number of Topliss-reactive ketones (excluding diaryl/α,β-unsaturated/α-hetero) is 1. The summed E-state index contributed by atoms with van der Waals surface area (Å²) in [6, 6.07) is 15.0. The molecule has 0 aliphatic carbocycles. The quantitative estimate of drug-likeness (QED) is 0.517. The van der Waals surface area contributed by atoms with Gasteiger partial charge in [0.05, 0.1) is 18.9 Å². The second kappa shape index (κ2) is 10.6. The molecule has 0 amide bonds. The van der Waals surface area contributed by atoms with Crippen LogP contribution in [-0.2, 0) is 4.79 Å². The molecule has 2 bridgehead atoms. The molecule has 3 heterocycles. The van der Waals surface area contributed by atoms with E-state index in [0.29, 0.717) is 24.6 Å². The van der Waals surface area contributed by atoms with Crippen LogP contribution in [0.15, 0.2) is 54.2 Å². The molecule has 30 heavy (non-hydrogen) atoms. The van der Waals surface area contributed by atoms with E-state index in [1.165, 1.54) is 0 Å². The fourth-order valence-electron chi connectivity index (χ4n) is 3.70. The van der Waals surface area contributed by atoms with E-state index in [0.717, 1.165) is 55.0 Å². The number of carbonyl (C=O) groups excluding carboxylic acids is 2. The Morgan fingerprint density at radius 3 is 1.80 bits per heavy atom. The van der Waals surface area contributed by atoms with Crippen LogP contribution in [0.3, 0.4) is 0 Å². The summed E-state index contributed by atoms with van der Waals surface area (Å²) in [5.41, 5.74) is 2.64. The normalized spacial score (nSPS) is 16.8. The summed E-state index contributed by atoms with van der Waals surface area (Å²) in [4.78, 5) is 24.7. The third-order valence-corrected chi connectivity index (χ3v) is 5.28. The minimum atomic E-state index is 0.263. The summed E-state index contributed by atoms with van der Waals surface area (Å²) in [6.45, 7) is 7.28. The van der Waals surface area contributed by atoms with Crippen LogP contribution < -0.4 is 9.47 Å². The standard InChI is InChI=1S/C16H19NO2.C9H10O2/c1-2-19-14-5-3-12(4-6-14)11-15-16(18)13-7-9-17(15)10-8-13;1-2-11-9-5-3-8(7-10)4-6-9/h3-6,11,13H,2,7-10H2,1H3;3-7H,2H2,1H3. The number of rotatable bonds is 6. The number of carbonyl (C=O) groups is 2. The molecule has 3 fully saturated rings. The summed E-state index contributed by atoms with van der Waals surface area (Å²) < 4.78 is 10.6. The van der Waals surface area contributed by atoms with Crippen LogP contribution in [0.5, 0.6) is 11.5 Å². The van der Waals surface area contributed by atoms with Gasteiger partial charge in [0.25, 0.3) is 0 Å². The second-order valence-corrected chi connectivity index (χ2v) is 7.28. The van der Waals surface area contributed by atoms with Gasteiger partial charge in [-0.05, 0) is 74.7 Å². The average molecular weight is 408 g/mol. The van der Waals surface area contributed by atoms with E-state index in [1.807, 2.05) is 44.2 Å². The first-order valence-electron chi connectivity index (χ1n) is 10.6. The van der Waals surface area contributed by atoms with Crippen LogP contribution in [0, 0.1) is 5.92 Å². The highest BCUT2D eigenvalue weighted by Crippen LogP contribution is 2.32. The van der Waals surface area contributed by atoms with Crippen molar-refractivity contribution in [3.05, 3.63) is 65.4 Å². The first-order chi connectivity index (χ1) is 14.6. The topological polar surface area (TPSA) is 55.8 Å².